The van der Waals surface area contributed by atoms with Gasteiger partial charge in [0.1, 0.15) is 11.6 Å². The van der Waals surface area contributed by atoms with Gasteiger partial charge in [-0.15, -0.1) is 0 Å². The molecule has 0 bridgehead atoms. The lowest BCUT2D eigenvalue weighted by Crippen LogP contribution is -2.29. The molecule has 2 N–H and O–H groups in total. The van der Waals surface area contributed by atoms with Crippen molar-refractivity contribution in [1.82, 2.24) is 0 Å². The largest absolute Gasteiger partial charge is 0.396 e. The number of rotatable bonds is 4. The van der Waals surface area contributed by atoms with Gasteiger partial charge in [0.25, 0.3) is 0 Å². The van der Waals surface area contributed by atoms with Crippen LogP contribution in [0.3, 0.4) is 0 Å². The summed E-state index contributed by atoms with van der Waals surface area (Å²) in [6.45, 7) is 1.14. The van der Waals surface area contributed by atoms with Crippen molar-refractivity contribution in [2.45, 2.75) is 13.3 Å². The van der Waals surface area contributed by atoms with Gasteiger partial charge in [-0.3, -0.25) is 0 Å². The quantitative estimate of drug-likeness (QED) is 0.800. The molecule has 1 rings (SSSR count). The molecule has 2 nitrogen and oxygen atoms in total. The molecule has 0 aliphatic rings. The third kappa shape index (κ3) is 2.97. The number of aliphatic hydroxyl groups is 2. The van der Waals surface area contributed by atoms with Crippen LogP contribution in [0.5, 0.6) is 0 Å². The topological polar surface area (TPSA) is 40.5 Å². The van der Waals surface area contributed by atoms with E-state index in [1.807, 2.05) is 0 Å². The molecule has 1 aromatic carbocycles. The predicted molar refractivity (Wildman–Crippen MR) is 52.3 cm³/mol. The van der Waals surface area contributed by atoms with Gasteiger partial charge in [0.15, 0.2) is 0 Å². The Kier molecular flexibility index (Phi) is 3.77. The zero-order valence-electron chi connectivity index (χ0n) is 8.50. The van der Waals surface area contributed by atoms with Crippen molar-refractivity contribution in [2.24, 2.45) is 5.41 Å². The summed E-state index contributed by atoms with van der Waals surface area (Å²) in [5.74, 6) is -1.28. The minimum atomic E-state index is -0.779. The van der Waals surface area contributed by atoms with Crippen LogP contribution < -0.4 is 0 Å². The van der Waals surface area contributed by atoms with E-state index >= 15 is 0 Å². The summed E-state index contributed by atoms with van der Waals surface area (Å²) in [5.41, 5.74) is -0.486. The summed E-state index contributed by atoms with van der Waals surface area (Å²) in [5, 5.41) is 18.1. The third-order valence-electron chi connectivity index (χ3n) is 2.40. The second-order valence-electron chi connectivity index (χ2n) is 4.04. The number of hydrogen-bond donors (Lipinski definition) is 2. The zero-order chi connectivity index (χ0) is 11.5. The average Bonchev–Trinajstić information content (AvgIpc) is 2.22. The Morgan fingerprint density at radius 1 is 1.20 bits per heavy atom. The van der Waals surface area contributed by atoms with Gasteiger partial charge < -0.3 is 10.2 Å². The molecule has 0 amide bonds. The minimum Gasteiger partial charge on any atom is -0.396 e. The van der Waals surface area contributed by atoms with Crippen LogP contribution in [-0.4, -0.2) is 23.4 Å². The molecule has 0 spiro atoms. The fraction of sp³-hybridized carbons (Fsp3) is 0.455. The molecule has 4 heteroatoms. The van der Waals surface area contributed by atoms with Crippen molar-refractivity contribution in [1.29, 1.82) is 0 Å². The van der Waals surface area contributed by atoms with E-state index < -0.39 is 17.0 Å². The highest BCUT2D eigenvalue weighted by Gasteiger charge is 2.24. The average molecular weight is 216 g/mol. The summed E-state index contributed by atoms with van der Waals surface area (Å²) < 4.78 is 25.9. The first-order chi connectivity index (χ1) is 7.00. The van der Waals surface area contributed by atoms with E-state index in [1.54, 1.807) is 6.92 Å². The number of hydrogen-bond acceptors (Lipinski definition) is 2. The summed E-state index contributed by atoms with van der Waals surface area (Å²) in [6.07, 6.45) is 0.173. The van der Waals surface area contributed by atoms with E-state index in [-0.39, 0.29) is 19.6 Å². The normalized spacial score (nSPS) is 11.8. The Labute approximate surface area is 87.2 Å². The molecule has 0 aliphatic heterocycles. The Balaban J connectivity index is 2.89. The lowest BCUT2D eigenvalue weighted by Gasteiger charge is -2.24. The molecule has 0 aliphatic carbocycles. The first-order valence-electron chi connectivity index (χ1n) is 4.66. The standard InChI is InChI=1S/C11H14F2O2/c1-11(6-14,7-15)5-8-2-3-9(12)4-10(8)13/h2-4,14-15H,5-7H2,1H3. The van der Waals surface area contributed by atoms with Gasteiger partial charge in [-0.2, -0.15) is 0 Å². The van der Waals surface area contributed by atoms with Crippen LogP contribution in [0.15, 0.2) is 18.2 Å². The van der Waals surface area contributed by atoms with Crippen molar-refractivity contribution < 1.29 is 19.0 Å². The van der Waals surface area contributed by atoms with E-state index in [9.17, 15) is 8.78 Å². The van der Waals surface area contributed by atoms with Crippen molar-refractivity contribution in [2.75, 3.05) is 13.2 Å². The Bertz CT molecular complexity index is 335. The van der Waals surface area contributed by atoms with E-state index in [1.165, 1.54) is 6.07 Å². The summed E-state index contributed by atoms with van der Waals surface area (Å²) >= 11 is 0. The van der Waals surface area contributed by atoms with Crippen LogP contribution in [0.25, 0.3) is 0 Å². The van der Waals surface area contributed by atoms with Gasteiger partial charge in [-0.05, 0) is 18.1 Å². The van der Waals surface area contributed by atoms with E-state index in [4.69, 9.17) is 10.2 Å². The fourth-order valence-corrected chi connectivity index (χ4v) is 1.29. The first kappa shape index (κ1) is 12.1. The number of benzene rings is 1. The summed E-state index contributed by atoms with van der Waals surface area (Å²) in [6, 6.07) is 3.28. The summed E-state index contributed by atoms with van der Waals surface area (Å²) in [4.78, 5) is 0. The maximum Gasteiger partial charge on any atom is 0.129 e. The summed E-state index contributed by atoms with van der Waals surface area (Å²) in [7, 11) is 0. The lowest BCUT2D eigenvalue weighted by molar-refractivity contribution is 0.0697. The molecule has 15 heavy (non-hydrogen) atoms. The fourth-order valence-electron chi connectivity index (χ4n) is 1.29. The zero-order valence-corrected chi connectivity index (χ0v) is 8.50. The molecule has 0 fully saturated rings. The molecule has 1 aromatic rings. The van der Waals surface area contributed by atoms with Crippen molar-refractivity contribution >= 4 is 0 Å². The molecule has 84 valence electrons. The van der Waals surface area contributed by atoms with Gasteiger partial charge in [0, 0.05) is 11.5 Å². The molecule has 0 saturated carbocycles. The maximum atomic E-state index is 13.3. The van der Waals surface area contributed by atoms with Crippen LogP contribution in [-0.2, 0) is 6.42 Å². The van der Waals surface area contributed by atoms with Gasteiger partial charge >= 0.3 is 0 Å². The highest BCUT2D eigenvalue weighted by Crippen LogP contribution is 2.23. The van der Waals surface area contributed by atoms with Crippen LogP contribution in [0.2, 0.25) is 0 Å². The molecule has 0 atom stereocenters. The number of halogens is 2. The predicted octanol–water partition coefficient (Wildman–Crippen LogP) is 1.50. The molecular formula is C11H14F2O2. The molecule has 0 saturated heterocycles. The Morgan fingerprint density at radius 2 is 1.80 bits per heavy atom. The van der Waals surface area contributed by atoms with Gasteiger partial charge in [0.05, 0.1) is 13.2 Å². The second kappa shape index (κ2) is 4.68. The van der Waals surface area contributed by atoms with Crippen molar-refractivity contribution in [3.05, 3.63) is 35.4 Å². The van der Waals surface area contributed by atoms with Crippen molar-refractivity contribution in [3.8, 4) is 0 Å². The third-order valence-corrected chi connectivity index (χ3v) is 2.40. The lowest BCUT2D eigenvalue weighted by atomic mass is 9.85. The van der Waals surface area contributed by atoms with Gasteiger partial charge in [-0.1, -0.05) is 13.0 Å². The van der Waals surface area contributed by atoms with Crippen LogP contribution in [0.4, 0.5) is 8.78 Å². The van der Waals surface area contributed by atoms with Gasteiger partial charge in [-0.25, -0.2) is 8.78 Å². The highest BCUT2D eigenvalue weighted by atomic mass is 19.1. The Hall–Kier alpha value is -1.00. The van der Waals surface area contributed by atoms with Crippen LogP contribution in [0.1, 0.15) is 12.5 Å². The van der Waals surface area contributed by atoms with E-state index in [2.05, 4.69) is 0 Å². The highest BCUT2D eigenvalue weighted by molar-refractivity contribution is 5.20. The van der Waals surface area contributed by atoms with Crippen LogP contribution >= 0.6 is 0 Å². The second-order valence-corrected chi connectivity index (χ2v) is 4.04. The van der Waals surface area contributed by atoms with E-state index in [0.717, 1.165) is 12.1 Å². The molecule has 0 unspecified atom stereocenters. The van der Waals surface area contributed by atoms with Crippen LogP contribution in [0, 0.1) is 17.0 Å². The van der Waals surface area contributed by atoms with Crippen molar-refractivity contribution in [3.63, 3.8) is 0 Å². The molecule has 0 radical (unpaired) electrons. The monoisotopic (exact) mass is 216 g/mol. The number of aliphatic hydroxyl groups excluding tert-OH is 2. The molecule has 0 aromatic heterocycles. The molecular weight excluding hydrogens is 202 g/mol. The van der Waals surface area contributed by atoms with Gasteiger partial charge in [0.2, 0.25) is 0 Å². The minimum absolute atomic E-state index is 0.173. The molecule has 0 heterocycles. The van der Waals surface area contributed by atoms with E-state index in [0.29, 0.717) is 5.56 Å². The Morgan fingerprint density at radius 3 is 2.27 bits per heavy atom. The SMILES string of the molecule is CC(CO)(CO)Cc1ccc(F)cc1F. The maximum absolute atomic E-state index is 13.3. The smallest absolute Gasteiger partial charge is 0.129 e. The first-order valence-corrected chi connectivity index (χ1v) is 4.66.